The van der Waals surface area contributed by atoms with Gasteiger partial charge in [-0.15, -0.1) is 0 Å². The van der Waals surface area contributed by atoms with Crippen LogP contribution in [0.25, 0.3) is 11.0 Å². The molecule has 0 saturated carbocycles. The Morgan fingerprint density at radius 2 is 1.91 bits per heavy atom. The summed E-state index contributed by atoms with van der Waals surface area (Å²) in [5, 5.41) is 17.9. The van der Waals surface area contributed by atoms with Gasteiger partial charge < -0.3 is 24.8 Å². The normalized spacial score (nSPS) is 10.1. The summed E-state index contributed by atoms with van der Waals surface area (Å²) in [5.41, 5.74) is 2.22. The van der Waals surface area contributed by atoms with Crippen molar-refractivity contribution in [3.63, 3.8) is 0 Å². The molecule has 0 unspecified atom stereocenters. The molecular weight excluding hydrogens is 290 g/mol. The molecule has 0 radical (unpaired) electrons. The van der Waals surface area contributed by atoms with Crippen molar-refractivity contribution in [1.29, 1.82) is 0 Å². The molecular formula is C14H19N3O5. The number of carboxylic acids is 2. The molecule has 0 aliphatic heterocycles. The van der Waals surface area contributed by atoms with E-state index in [0.717, 1.165) is 24.4 Å². The Morgan fingerprint density at radius 3 is 2.45 bits per heavy atom. The zero-order valence-electron chi connectivity index (χ0n) is 12.4. The second kappa shape index (κ2) is 8.75. The number of carbonyl (C=O) groups is 2. The first-order chi connectivity index (χ1) is 10.5. The Bertz CT molecular complexity index is 626. The third-order valence-electron chi connectivity index (χ3n) is 2.77. The number of nitrogens with one attached hydrogen (secondary N) is 1. The van der Waals surface area contributed by atoms with Crippen LogP contribution in [0.3, 0.4) is 0 Å². The maximum absolute atomic E-state index is 9.10. The van der Waals surface area contributed by atoms with Gasteiger partial charge >= 0.3 is 11.9 Å². The number of imidazole rings is 1. The number of hydrogen-bond acceptors (Lipinski definition) is 5. The van der Waals surface area contributed by atoms with E-state index >= 15 is 0 Å². The lowest BCUT2D eigenvalue weighted by Crippen LogP contribution is -2.14. The van der Waals surface area contributed by atoms with Crippen molar-refractivity contribution in [2.24, 2.45) is 0 Å². The molecule has 1 heterocycles. The molecule has 0 spiro atoms. The van der Waals surface area contributed by atoms with E-state index in [1.807, 2.05) is 25.2 Å². The van der Waals surface area contributed by atoms with E-state index in [1.54, 1.807) is 7.11 Å². The van der Waals surface area contributed by atoms with Crippen LogP contribution in [0.15, 0.2) is 24.3 Å². The first-order valence-electron chi connectivity index (χ1n) is 6.55. The van der Waals surface area contributed by atoms with Gasteiger partial charge in [0.25, 0.3) is 0 Å². The molecule has 0 aliphatic rings. The smallest absolute Gasteiger partial charge is 0.414 e. The predicted molar refractivity (Wildman–Crippen MR) is 79.6 cm³/mol. The molecule has 8 nitrogen and oxygen atoms in total. The van der Waals surface area contributed by atoms with Gasteiger partial charge in [-0.05, 0) is 19.2 Å². The maximum atomic E-state index is 9.10. The van der Waals surface area contributed by atoms with Crippen LogP contribution >= 0.6 is 0 Å². The fraction of sp³-hybridized carbons (Fsp3) is 0.357. The number of carboxylic acid groups (broad SMARTS) is 2. The van der Waals surface area contributed by atoms with E-state index in [9.17, 15) is 0 Å². The second-order valence-electron chi connectivity index (χ2n) is 4.30. The zero-order valence-corrected chi connectivity index (χ0v) is 12.4. The third kappa shape index (κ3) is 4.83. The first-order valence-corrected chi connectivity index (χ1v) is 6.55. The molecule has 22 heavy (non-hydrogen) atoms. The zero-order chi connectivity index (χ0) is 16.5. The number of hydrogen-bond donors (Lipinski definition) is 3. The van der Waals surface area contributed by atoms with Crippen molar-refractivity contribution in [3.8, 4) is 0 Å². The quantitative estimate of drug-likeness (QED) is 0.691. The maximum Gasteiger partial charge on any atom is 0.414 e. The minimum absolute atomic E-state index is 0.705. The van der Waals surface area contributed by atoms with Crippen LogP contribution in [-0.2, 0) is 27.4 Å². The van der Waals surface area contributed by atoms with Crippen LogP contribution in [0, 0.1) is 0 Å². The number of para-hydroxylation sites is 2. The van der Waals surface area contributed by atoms with Crippen molar-refractivity contribution >= 4 is 23.0 Å². The highest BCUT2D eigenvalue weighted by Crippen LogP contribution is 2.15. The minimum Gasteiger partial charge on any atom is -0.473 e. The largest absolute Gasteiger partial charge is 0.473 e. The molecule has 0 aliphatic carbocycles. The first kappa shape index (κ1) is 17.6. The molecule has 3 N–H and O–H groups in total. The highest BCUT2D eigenvalue weighted by Gasteiger charge is 2.08. The van der Waals surface area contributed by atoms with Crippen LogP contribution < -0.4 is 5.32 Å². The Labute approximate surface area is 127 Å². The van der Waals surface area contributed by atoms with Gasteiger partial charge in [0.15, 0.2) is 0 Å². The topological polar surface area (TPSA) is 114 Å². The summed E-state index contributed by atoms with van der Waals surface area (Å²) < 4.78 is 7.33. The standard InChI is InChI=1S/C12H17N3O.C2H2O4/c1-13-9-12-14-10-5-3-4-6-11(10)15(12)7-8-16-2;3-1(4)2(5)6/h3-6,13H,7-9H2,1-2H3;(H,3,4)(H,5,6). The Balaban J connectivity index is 0.000000346. The molecule has 2 rings (SSSR count). The lowest BCUT2D eigenvalue weighted by Gasteiger charge is -2.07. The number of fused-ring (bicyclic) bond motifs is 1. The molecule has 0 atom stereocenters. The average molecular weight is 309 g/mol. The molecule has 0 fully saturated rings. The minimum atomic E-state index is -1.82. The molecule has 2 aromatic rings. The molecule has 120 valence electrons. The van der Waals surface area contributed by atoms with Crippen LogP contribution in [0.2, 0.25) is 0 Å². The van der Waals surface area contributed by atoms with Gasteiger partial charge in [-0.3, -0.25) is 0 Å². The predicted octanol–water partition coefficient (Wildman–Crippen LogP) is 0.558. The van der Waals surface area contributed by atoms with Gasteiger partial charge in [0.1, 0.15) is 5.82 Å². The SMILES string of the molecule is CNCc1nc2ccccc2n1CCOC.O=C(O)C(=O)O. The second-order valence-corrected chi connectivity index (χ2v) is 4.30. The van der Waals surface area contributed by atoms with Crippen molar-refractivity contribution < 1.29 is 24.5 Å². The highest BCUT2D eigenvalue weighted by molar-refractivity contribution is 6.27. The number of methoxy groups -OCH3 is 1. The van der Waals surface area contributed by atoms with Crippen molar-refractivity contribution in [1.82, 2.24) is 14.9 Å². The summed E-state index contributed by atoms with van der Waals surface area (Å²) in [6, 6.07) is 8.19. The lowest BCUT2D eigenvalue weighted by atomic mass is 10.3. The fourth-order valence-electron chi connectivity index (χ4n) is 1.85. The van der Waals surface area contributed by atoms with Crippen molar-refractivity contribution in [2.45, 2.75) is 13.1 Å². The number of aromatic nitrogens is 2. The van der Waals surface area contributed by atoms with Crippen LogP contribution in [0.1, 0.15) is 5.82 Å². The molecule has 0 saturated heterocycles. The van der Waals surface area contributed by atoms with Crippen molar-refractivity contribution in [2.75, 3.05) is 20.8 Å². The van der Waals surface area contributed by atoms with Crippen molar-refractivity contribution in [3.05, 3.63) is 30.1 Å². The van der Waals surface area contributed by atoms with E-state index in [0.29, 0.717) is 6.61 Å². The summed E-state index contributed by atoms with van der Waals surface area (Å²) in [6.45, 7) is 2.32. The lowest BCUT2D eigenvalue weighted by molar-refractivity contribution is -0.159. The van der Waals surface area contributed by atoms with Gasteiger partial charge in [0, 0.05) is 13.7 Å². The van der Waals surface area contributed by atoms with E-state index in [2.05, 4.69) is 20.9 Å². The summed E-state index contributed by atoms with van der Waals surface area (Å²) in [6.07, 6.45) is 0. The summed E-state index contributed by atoms with van der Waals surface area (Å²) in [7, 11) is 3.65. The fourth-order valence-corrected chi connectivity index (χ4v) is 1.85. The Hall–Kier alpha value is -2.45. The summed E-state index contributed by atoms with van der Waals surface area (Å²) in [4.78, 5) is 22.8. The molecule has 8 heteroatoms. The van der Waals surface area contributed by atoms with Crippen LogP contribution in [0.5, 0.6) is 0 Å². The molecule has 0 amide bonds. The summed E-state index contributed by atoms with van der Waals surface area (Å²) >= 11 is 0. The van der Waals surface area contributed by atoms with Gasteiger partial charge in [-0.25, -0.2) is 14.6 Å². The molecule has 0 bridgehead atoms. The van der Waals surface area contributed by atoms with Gasteiger partial charge in [0.2, 0.25) is 0 Å². The van der Waals surface area contributed by atoms with E-state index in [-0.39, 0.29) is 0 Å². The third-order valence-corrected chi connectivity index (χ3v) is 2.77. The van der Waals surface area contributed by atoms with E-state index in [1.165, 1.54) is 5.52 Å². The van der Waals surface area contributed by atoms with Gasteiger partial charge in [0.05, 0.1) is 24.2 Å². The summed E-state index contributed by atoms with van der Waals surface area (Å²) in [5.74, 6) is -2.59. The number of rotatable bonds is 5. The number of aliphatic carboxylic acids is 2. The van der Waals surface area contributed by atoms with Gasteiger partial charge in [-0.1, -0.05) is 12.1 Å². The Morgan fingerprint density at radius 1 is 1.27 bits per heavy atom. The number of nitrogens with zero attached hydrogens (tertiary/aromatic N) is 2. The van der Waals surface area contributed by atoms with Crippen LogP contribution in [0.4, 0.5) is 0 Å². The average Bonchev–Trinajstić information content (AvgIpc) is 2.83. The monoisotopic (exact) mass is 309 g/mol. The number of ether oxygens (including phenoxy) is 1. The highest BCUT2D eigenvalue weighted by atomic mass is 16.5. The molecule has 1 aromatic heterocycles. The Kier molecular flexibility index (Phi) is 7.00. The van der Waals surface area contributed by atoms with E-state index in [4.69, 9.17) is 24.5 Å². The van der Waals surface area contributed by atoms with Crippen LogP contribution in [-0.4, -0.2) is 52.5 Å². The van der Waals surface area contributed by atoms with Gasteiger partial charge in [-0.2, -0.15) is 0 Å². The molecule has 1 aromatic carbocycles. The number of benzene rings is 1. The van der Waals surface area contributed by atoms with E-state index < -0.39 is 11.9 Å².